The first kappa shape index (κ1) is 21.8. The van der Waals surface area contributed by atoms with Crippen LogP contribution in [0.25, 0.3) is 0 Å². The molecule has 1 aliphatic heterocycles. The summed E-state index contributed by atoms with van der Waals surface area (Å²) in [6.07, 6.45) is -0.803. The van der Waals surface area contributed by atoms with Gasteiger partial charge in [0.1, 0.15) is 29.4 Å². The second kappa shape index (κ2) is 8.85. The molecule has 2 aliphatic rings. The highest BCUT2D eigenvalue weighted by molar-refractivity contribution is 5.68. The zero-order chi connectivity index (χ0) is 21.2. The van der Waals surface area contributed by atoms with Crippen LogP contribution in [0.15, 0.2) is 24.3 Å². The third kappa shape index (κ3) is 5.81. The molecule has 1 saturated heterocycles. The largest absolute Gasteiger partial charge is 0.487 e. The van der Waals surface area contributed by atoms with Gasteiger partial charge in [0, 0.05) is 25.6 Å². The molecular formula is C21H31FN2O5. The van der Waals surface area contributed by atoms with Crippen molar-refractivity contribution in [3.63, 3.8) is 0 Å². The lowest BCUT2D eigenvalue weighted by Gasteiger charge is -2.38. The summed E-state index contributed by atoms with van der Waals surface area (Å²) in [4.78, 5) is 14.4. The molecule has 2 fully saturated rings. The van der Waals surface area contributed by atoms with Crippen LogP contribution >= 0.6 is 0 Å². The number of carbonyl (C=O) groups excluding carboxylic acids is 1. The van der Waals surface area contributed by atoms with Crippen molar-refractivity contribution in [1.82, 2.24) is 10.2 Å². The number of alkyl carbamates (subject to hydrolysis) is 1. The number of hydrogen-bond donors (Lipinski definition) is 3. The van der Waals surface area contributed by atoms with Crippen molar-refractivity contribution in [3.8, 4) is 5.75 Å². The number of carbonyl (C=O) groups is 1. The van der Waals surface area contributed by atoms with Gasteiger partial charge in [0.15, 0.2) is 0 Å². The summed E-state index contributed by atoms with van der Waals surface area (Å²) < 4.78 is 24.7. The molecule has 3 rings (SSSR count). The molecule has 0 aromatic heterocycles. The minimum absolute atomic E-state index is 0.333. The topological polar surface area (TPSA) is 91.3 Å². The van der Waals surface area contributed by atoms with Crippen molar-refractivity contribution in [1.29, 1.82) is 0 Å². The maximum Gasteiger partial charge on any atom is 0.407 e. The molecule has 0 radical (unpaired) electrons. The maximum absolute atomic E-state index is 13.5. The van der Waals surface area contributed by atoms with E-state index >= 15 is 0 Å². The minimum atomic E-state index is -0.881. The Labute approximate surface area is 170 Å². The number of nitrogens with one attached hydrogen (secondary N) is 1. The summed E-state index contributed by atoms with van der Waals surface area (Å²) in [5, 5.41) is 23.7. The standard InChI is InChI=1S/C21H31FN2O5/c1-21(2,3)29-20(27)23-16-12-17(28-15-6-4-5-13(22)11-15)19(26)18(16)24-9-7-14(25)8-10-24/h4-6,11,14,16-19,25-26H,7-10,12H2,1-3H3,(H,23,27)/t16-,17-,18+,19+/m1/s1. The quantitative estimate of drug-likeness (QED) is 0.704. The first-order valence-corrected chi connectivity index (χ1v) is 10.1. The molecular weight excluding hydrogens is 379 g/mol. The van der Waals surface area contributed by atoms with Crippen LogP contribution < -0.4 is 10.1 Å². The van der Waals surface area contributed by atoms with Gasteiger partial charge in [0.05, 0.1) is 18.2 Å². The molecule has 1 aliphatic carbocycles. The SMILES string of the molecule is CC(C)(C)OC(=O)N[C@@H]1C[C@@H](Oc2cccc(F)c2)[C@H](O)[C@H]1N1CCC(O)CC1. The molecule has 29 heavy (non-hydrogen) atoms. The fourth-order valence-corrected chi connectivity index (χ4v) is 4.08. The van der Waals surface area contributed by atoms with Gasteiger partial charge in [0.25, 0.3) is 0 Å². The monoisotopic (exact) mass is 410 g/mol. The van der Waals surface area contributed by atoms with Gasteiger partial charge in [-0.1, -0.05) is 6.07 Å². The highest BCUT2D eigenvalue weighted by atomic mass is 19.1. The predicted molar refractivity (Wildman–Crippen MR) is 105 cm³/mol. The summed E-state index contributed by atoms with van der Waals surface area (Å²) in [7, 11) is 0. The number of hydrogen-bond acceptors (Lipinski definition) is 6. The molecule has 1 aromatic carbocycles. The number of rotatable bonds is 4. The lowest BCUT2D eigenvalue weighted by Crippen LogP contribution is -2.56. The van der Waals surface area contributed by atoms with E-state index in [2.05, 4.69) is 10.2 Å². The fraction of sp³-hybridized carbons (Fsp3) is 0.667. The molecule has 1 amide bonds. The van der Waals surface area contributed by atoms with Crippen LogP contribution in [-0.2, 0) is 4.74 Å². The van der Waals surface area contributed by atoms with E-state index in [1.807, 2.05) is 0 Å². The molecule has 1 aromatic rings. The predicted octanol–water partition coefficient (Wildman–Crippen LogP) is 2.06. The first-order chi connectivity index (χ1) is 13.6. The fourth-order valence-electron chi connectivity index (χ4n) is 4.08. The van der Waals surface area contributed by atoms with Gasteiger partial charge in [-0.15, -0.1) is 0 Å². The zero-order valence-electron chi connectivity index (χ0n) is 17.2. The summed E-state index contributed by atoms with van der Waals surface area (Å²) in [6, 6.07) is 5.00. The molecule has 0 spiro atoms. The number of nitrogens with zero attached hydrogens (tertiary/aromatic N) is 1. The van der Waals surface area contributed by atoms with E-state index in [9.17, 15) is 19.4 Å². The van der Waals surface area contributed by atoms with Crippen molar-refractivity contribution in [3.05, 3.63) is 30.1 Å². The van der Waals surface area contributed by atoms with Crippen LogP contribution in [0.5, 0.6) is 5.75 Å². The Bertz CT molecular complexity index is 703. The lowest BCUT2D eigenvalue weighted by atomic mass is 10.0. The number of aliphatic hydroxyl groups is 2. The Morgan fingerprint density at radius 2 is 1.93 bits per heavy atom. The summed E-state index contributed by atoms with van der Waals surface area (Å²) in [6.45, 7) is 6.59. The average molecular weight is 410 g/mol. The van der Waals surface area contributed by atoms with Crippen LogP contribution in [0, 0.1) is 5.82 Å². The van der Waals surface area contributed by atoms with Crippen molar-refractivity contribution < 1.29 is 28.9 Å². The van der Waals surface area contributed by atoms with Crippen molar-refractivity contribution >= 4 is 6.09 Å². The third-order valence-corrected chi connectivity index (χ3v) is 5.34. The van der Waals surface area contributed by atoms with Gasteiger partial charge in [-0.3, -0.25) is 4.90 Å². The van der Waals surface area contributed by atoms with Crippen molar-refractivity contribution in [2.24, 2.45) is 0 Å². The van der Waals surface area contributed by atoms with Gasteiger partial charge < -0.3 is 25.0 Å². The van der Waals surface area contributed by atoms with Gasteiger partial charge >= 0.3 is 6.09 Å². The highest BCUT2D eigenvalue weighted by Gasteiger charge is 2.48. The molecule has 162 valence electrons. The Morgan fingerprint density at radius 3 is 2.55 bits per heavy atom. The third-order valence-electron chi connectivity index (χ3n) is 5.34. The first-order valence-electron chi connectivity index (χ1n) is 10.1. The number of amides is 1. The molecule has 1 saturated carbocycles. The highest BCUT2D eigenvalue weighted by Crippen LogP contribution is 2.31. The summed E-state index contributed by atoms with van der Waals surface area (Å²) in [5.74, 6) is -0.0835. The normalized spacial score (nSPS) is 28.9. The number of aliphatic hydroxyl groups excluding tert-OH is 2. The Balaban J connectivity index is 1.74. The molecule has 7 nitrogen and oxygen atoms in total. The summed E-state index contributed by atoms with van der Waals surface area (Å²) >= 11 is 0. The number of benzene rings is 1. The molecule has 3 N–H and O–H groups in total. The maximum atomic E-state index is 13.5. The number of ether oxygens (including phenoxy) is 2. The van der Waals surface area contributed by atoms with E-state index in [0.29, 0.717) is 38.1 Å². The molecule has 0 bridgehead atoms. The van der Waals surface area contributed by atoms with Gasteiger partial charge in [0.2, 0.25) is 0 Å². The van der Waals surface area contributed by atoms with Crippen LogP contribution in [0.1, 0.15) is 40.0 Å². The van der Waals surface area contributed by atoms with E-state index in [4.69, 9.17) is 9.47 Å². The second-order valence-corrected chi connectivity index (χ2v) is 8.85. The van der Waals surface area contributed by atoms with E-state index < -0.39 is 35.8 Å². The van der Waals surface area contributed by atoms with Crippen LogP contribution in [0.2, 0.25) is 0 Å². The van der Waals surface area contributed by atoms with E-state index in [0.717, 1.165) is 0 Å². The Kier molecular flexibility index (Phi) is 6.65. The Hall–Kier alpha value is -1.90. The summed E-state index contributed by atoms with van der Waals surface area (Å²) in [5.41, 5.74) is -0.635. The van der Waals surface area contributed by atoms with Gasteiger partial charge in [-0.05, 0) is 45.7 Å². The van der Waals surface area contributed by atoms with Crippen LogP contribution in [0.4, 0.5) is 9.18 Å². The van der Waals surface area contributed by atoms with Crippen LogP contribution in [-0.4, -0.2) is 70.3 Å². The molecule has 8 heteroatoms. The number of likely N-dealkylation sites (tertiary alicyclic amines) is 1. The minimum Gasteiger partial charge on any atom is -0.487 e. The Morgan fingerprint density at radius 1 is 1.24 bits per heavy atom. The van der Waals surface area contributed by atoms with E-state index in [1.165, 1.54) is 12.1 Å². The molecule has 0 unspecified atom stereocenters. The van der Waals surface area contributed by atoms with E-state index in [1.54, 1.807) is 32.9 Å². The van der Waals surface area contributed by atoms with Crippen molar-refractivity contribution in [2.45, 2.75) is 76.0 Å². The number of halogens is 1. The number of piperidine rings is 1. The van der Waals surface area contributed by atoms with Crippen LogP contribution in [0.3, 0.4) is 0 Å². The second-order valence-electron chi connectivity index (χ2n) is 8.85. The smallest absolute Gasteiger partial charge is 0.407 e. The van der Waals surface area contributed by atoms with E-state index in [-0.39, 0.29) is 12.1 Å². The van der Waals surface area contributed by atoms with Crippen molar-refractivity contribution in [2.75, 3.05) is 13.1 Å². The average Bonchev–Trinajstić information content (AvgIpc) is 2.89. The molecule has 4 atom stereocenters. The van der Waals surface area contributed by atoms with Gasteiger partial charge in [-0.25, -0.2) is 9.18 Å². The lowest BCUT2D eigenvalue weighted by molar-refractivity contribution is -0.0158. The zero-order valence-corrected chi connectivity index (χ0v) is 17.2. The molecule has 1 heterocycles. The van der Waals surface area contributed by atoms with Gasteiger partial charge in [-0.2, -0.15) is 0 Å².